The molecule has 0 N–H and O–H groups in total. The van der Waals surface area contributed by atoms with E-state index in [1.54, 1.807) is 12.1 Å². The van der Waals surface area contributed by atoms with E-state index in [0.717, 1.165) is 0 Å². The van der Waals surface area contributed by atoms with Crippen LogP contribution in [0, 0.1) is 17.0 Å². The average molecular weight is 343 g/mol. The second kappa shape index (κ2) is 6.60. The Hall–Kier alpha value is -3.42. The minimum absolute atomic E-state index is 0.0488. The summed E-state index contributed by atoms with van der Waals surface area (Å²) in [5.74, 6) is -0.225. The second-order valence-corrected chi connectivity index (χ2v) is 5.27. The van der Waals surface area contributed by atoms with Crippen molar-refractivity contribution in [1.29, 1.82) is 0 Å². The highest BCUT2D eigenvalue weighted by Gasteiger charge is 2.21. The van der Waals surface area contributed by atoms with Gasteiger partial charge in [-0.25, -0.2) is 4.79 Å². The highest BCUT2D eigenvalue weighted by Crippen LogP contribution is 2.32. The number of Topliss-reactive ketones (excluding diaryl/α,β-unsaturated/α-hetero) is 1. The summed E-state index contributed by atoms with van der Waals surface area (Å²) in [6.45, 7) is 1.06. The lowest BCUT2D eigenvalue weighted by molar-refractivity contribution is -0.385. The van der Waals surface area contributed by atoms with Crippen LogP contribution < -0.4 is 9.47 Å². The topological polar surface area (TPSA) is 105 Å². The van der Waals surface area contributed by atoms with Gasteiger partial charge in [-0.3, -0.25) is 14.9 Å². The number of hydrogen-bond acceptors (Lipinski definition) is 7. The molecule has 0 amide bonds. The quantitative estimate of drug-likeness (QED) is 0.356. The number of ketones is 1. The molecule has 0 saturated carbocycles. The summed E-state index contributed by atoms with van der Waals surface area (Å²) in [5, 5.41) is 10.9. The van der Waals surface area contributed by atoms with Crippen LogP contribution in [-0.4, -0.2) is 30.1 Å². The summed E-state index contributed by atoms with van der Waals surface area (Å²) in [6, 6.07) is 8.75. The smallest absolute Gasteiger partial charge is 0.339 e. The maximum absolute atomic E-state index is 12.2. The van der Waals surface area contributed by atoms with E-state index in [1.165, 1.54) is 31.2 Å². The van der Waals surface area contributed by atoms with Gasteiger partial charge in [0.2, 0.25) is 6.79 Å². The van der Waals surface area contributed by atoms with Gasteiger partial charge in [-0.2, -0.15) is 0 Å². The zero-order valence-corrected chi connectivity index (χ0v) is 13.2. The van der Waals surface area contributed by atoms with Crippen LogP contribution in [0.3, 0.4) is 0 Å². The lowest BCUT2D eigenvalue weighted by Crippen LogP contribution is -2.15. The number of nitrogens with zero attached hydrogens (tertiary/aromatic N) is 1. The number of fused-ring (bicyclic) bond motifs is 1. The lowest BCUT2D eigenvalue weighted by atomic mass is 10.1. The second-order valence-electron chi connectivity index (χ2n) is 5.27. The van der Waals surface area contributed by atoms with Gasteiger partial charge in [0.05, 0.1) is 10.5 Å². The van der Waals surface area contributed by atoms with E-state index >= 15 is 0 Å². The predicted octanol–water partition coefficient (Wildman–Crippen LogP) is 2.67. The molecule has 2 aromatic carbocycles. The molecule has 0 bridgehead atoms. The summed E-state index contributed by atoms with van der Waals surface area (Å²) in [7, 11) is 0. The minimum Gasteiger partial charge on any atom is -0.454 e. The number of nitro benzene ring substituents is 1. The van der Waals surface area contributed by atoms with Crippen LogP contribution in [0.5, 0.6) is 11.5 Å². The molecule has 1 heterocycles. The van der Waals surface area contributed by atoms with Crippen LogP contribution in [0.4, 0.5) is 5.69 Å². The number of ether oxygens (including phenoxy) is 3. The van der Waals surface area contributed by atoms with Crippen molar-refractivity contribution >= 4 is 17.4 Å². The number of hydrogen-bond donors (Lipinski definition) is 0. The average Bonchev–Trinajstić information content (AvgIpc) is 3.06. The molecule has 0 fully saturated rings. The van der Waals surface area contributed by atoms with Crippen molar-refractivity contribution in [2.24, 2.45) is 0 Å². The number of carbonyl (C=O) groups excluding carboxylic acids is 2. The predicted molar refractivity (Wildman–Crippen MR) is 85.0 cm³/mol. The van der Waals surface area contributed by atoms with Gasteiger partial charge in [-0.1, -0.05) is 6.07 Å². The molecule has 128 valence electrons. The first kappa shape index (κ1) is 16.4. The molecule has 8 heteroatoms. The molecule has 1 aliphatic rings. The highest BCUT2D eigenvalue weighted by atomic mass is 16.7. The van der Waals surface area contributed by atoms with Crippen molar-refractivity contribution in [3.63, 3.8) is 0 Å². The molecule has 0 aromatic heterocycles. The van der Waals surface area contributed by atoms with Gasteiger partial charge in [0.25, 0.3) is 5.69 Å². The summed E-state index contributed by atoms with van der Waals surface area (Å²) < 4.78 is 15.3. The van der Waals surface area contributed by atoms with Gasteiger partial charge in [0, 0.05) is 17.2 Å². The fourth-order valence-electron chi connectivity index (χ4n) is 2.40. The zero-order valence-electron chi connectivity index (χ0n) is 13.2. The number of nitro groups is 1. The normalized spacial score (nSPS) is 11.9. The van der Waals surface area contributed by atoms with Crippen molar-refractivity contribution in [2.75, 3.05) is 13.4 Å². The van der Waals surface area contributed by atoms with Crippen LogP contribution in [0.2, 0.25) is 0 Å². The van der Waals surface area contributed by atoms with E-state index in [1.807, 2.05) is 0 Å². The number of rotatable bonds is 5. The summed E-state index contributed by atoms with van der Waals surface area (Å²) >= 11 is 0. The first-order valence-corrected chi connectivity index (χ1v) is 7.31. The van der Waals surface area contributed by atoms with Gasteiger partial charge in [-0.15, -0.1) is 0 Å². The highest BCUT2D eigenvalue weighted by molar-refractivity contribution is 6.00. The van der Waals surface area contributed by atoms with Gasteiger partial charge in [0.15, 0.2) is 23.9 Å². The molecule has 0 atom stereocenters. The third kappa shape index (κ3) is 3.27. The van der Waals surface area contributed by atoms with E-state index in [0.29, 0.717) is 17.1 Å². The molecule has 8 nitrogen and oxygen atoms in total. The van der Waals surface area contributed by atoms with Crippen molar-refractivity contribution in [3.8, 4) is 11.5 Å². The molecule has 3 rings (SSSR count). The molecule has 0 saturated heterocycles. The minimum atomic E-state index is -0.796. The monoisotopic (exact) mass is 343 g/mol. The van der Waals surface area contributed by atoms with Crippen LogP contribution >= 0.6 is 0 Å². The number of esters is 1. The SMILES string of the molecule is Cc1c(C(=O)OCC(=O)c2ccc3c(c2)OCO3)cccc1[N+](=O)[O-]. The van der Waals surface area contributed by atoms with Crippen molar-refractivity contribution in [2.45, 2.75) is 6.92 Å². The molecule has 0 radical (unpaired) electrons. The van der Waals surface area contributed by atoms with Gasteiger partial charge in [0.1, 0.15) is 0 Å². The van der Waals surface area contributed by atoms with E-state index in [9.17, 15) is 19.7 Å². The molecule has 0 aliphatic carbocycles. The van der Waals surface area contributed by atoms with Crippen LogP contribution in [0.1, 0.15) is 26.3 Å². The lowest BCUT2D eigenvalue weighted by Gasteiger charge is -2.07. The van der Waals surface area contributed by atoms with E-state index < -0.39 is 23.3 Å². The van der Waals surface area contributed by atoms with Gasteiger partial charge < -0.3 is 14.2 Å². The third-order valence-corrected chi connectivity index (χ3v) is 3.75. The fourth-order valence-corrected chi connectivity index (χ4v) is 2.40. The fraction of sp³-hybridized carbons (Fsp3) is 0.176. The Morgan fingerprint density at radius 2 is 1.96 bits per heavy atom. The Labute approximate surface area is 142 Å². The van der Waals surface area contributed by atoms with E-state index in [4.69, 9.17) is 14.2 Å². The van der Waals surface area contributed by atoms with Gasteiger partial charge >= 0.3 is 5.97 Å². The molecular formula is C17H13NO7. The summed E-state index contributed by atoms with van der Waals surface area (Å²) in [4.78, 5) is 34.6. The number of carbonyl (C=O) groups is 2. The first-order valence-electron chi connectivity index (χ1n) is 7.31. The standard InChI is InChI=1S/C17H13NO7/c1-10-12(3-2-4-13(10)18(21)22)17(20)23-8-14(19)11-5-6-15-16(7-11)25-9-24-15/h2-7H,8-9H2,1H3. The number of benzene rings is 2. The van der Waals surface area contributed by atoms with Crippen LogP contribution in [-0.2, 0) is 4.74 Å². The van der Waals surface area contributed by atoms with Crippen molar-refractivity contribution in [3.05, 3.63) is 63.2 Å². The Balaban J connectivity index is 1.69. The maximum atomic E-state index is 12.2. The van der Waals surface area contributed by atoms with E-state index in [2.05, 4.69) is 0 Å². The molecule has 0 spiro atoms. The van der Waals surface area contributed by atoms with Gasteiger partial charge in [-0.05, 0) is 31.2 Å². The Morgan fingerprint density at radius 3 is 2.72 bits per heavy atom. The third-order valence-electron chi connectivity index (χ3n) is 3.75. The molecule has 1 aliphatic heterocycles. The zero-order chi connectivity index (χ0) is 18.0. The Morgan fingerprint density at radius 1 is 1.20 bits per heavy atom. The van der Waals surface area contributed by atoms with Crippen molar-refractivity contribution in [1.82, 2.24) is 0 Å². The molecule has 2 aromatic rings. The van der Waals surface area contributed by atoms with Crippen LogP contribution in [0.25, 0.3) is 0 Å². The maximum Gasteiger partial charge on any atom is 0.339 e. The first-order chi connectivity index (χ1) is 12.0. The molecular weight excluding hydrogens is 330 g/mol. The molecule has 25 heavy (non-hydrogen) atoms. The Kier molecular flexibility index (Phi) is 4.34. The van der Waals surface area contributed by atoms with Crippen molar-refractivity contribution < 1.29 is 28.7 Å². The largest absolute Gasteiger partial charge is 0.454 e. The van der Waals surface area contributed by atoms with E-state index in [-0.39, 0.29) is 23.6 Å². The summed E-state index contributed by atoms with van der Waals surface area (Å²) in [6.07, 6.45) is 0. The Bertz CT molecular complexity index is 875. The molecule has 0 unspecified atom stereocenters. The summed E-state index contributed by atoms with van der Waals surface area (Å²) in [5.41, 5.74) is 0.366. The van der Waals surface area contributed by atoms with Crippen LogP contribution in [0.15, 0.2) is 36.4 Å².